The van der Waals surface area contributed by atoms with Crippen LogP contribution >= 0.6 is 0 Å². The smallest absolute Gasteiger partial charge is 0.274 e. The van der Waals surface area contributed by atoms with Gasteiger partial charge in [-0.1, -0.05) is 0 Å². The van der Waals surface area contributed by atoms with E-state index in [9.17, 15) is 9.59 Å². The van der Waals surface area contributed by atoms with Crippen LogP contribution in [0, 0.1) is 0 Å². The summed E-state index contributed by atoms with van der Waals surface area (Å²) in [4.78, 5) is 25.7. The maximum absolute atomic E-state index is 12.0. The molecular weight excluding hydrogens is 310 g/mol. The molecular formula is C16H15N5O3. The van der Waals surface area contributed by atoms with Gasteiger partial charge in [-0.3, -0.25) is 14.6 Å². The predicted molar refractivity (Wildman–Crippen MR) is 88.2 cm³/mol. The number of hydrogen-bond acceptors (Lipinski definition) is 6. The second kappa shape index (κ2) is 6.78. The molecule has 0 spiro atoms. The first-order chi connectivity index (χ1) is 11.6. The summed E-state index contributed by atoms with van der Waals surface area (Å²) in [5.41, 5.74) is 1.32. The Hall–Kier alpha value is -3.42. The molecule has 0 atom stereocenters. The first-order valence-corrected chi connectivity index (χ1v) is 7.23. The van der Waals surface area contributed by atoms with E-state index in [1.165, 1.54) is 13.2 Å². The average molecular weight is 325 g/mol. The number of H-pyrrole nitrogens is 1. The van der Waals surface area contributed by atoms with Crippen LogP contribution in [-0.4, -0.2) is 21.1 Å². The molecule has 0 aliphatic rings. The minimum Gasteiger partial charge on any atom is -0.469 e. The molecule has 2 aromatic heterocycles. The molecule has 0 radical (unpaired) electrons. The molecule has 0 unspecified atom stereocenters. The molecule has 3 rings (SSSR count). The van der Waals surface area contributed by atoms with E-state index in [-0.39, 0.29) is 29.5 Å². The lowest BCUT2D eigenvalue weighted by molar-refractivity contribution is -0.114. The van der Waals surface area contributed by atoms with Gasteiger partial charge in [0.2, 0.25) is 11.9 Å². The van der Waals surface area contributed by atoms with E-state index in [2.05, 4.69) is 25.8 Å². The van der Waals surface area contributed by atoms with Crippen molar-refractivity contribution in [2.45, 2.75) is 13.3 Å². The van der Waals surface area contributed by atoms with E-state index in [4.69, 9.17) is 4.42 Å². The van der Waals surface area contributed by atoms with Crippen molar-refractivity contribution < 1.29 is 9.21 Å². The van der Waals surface area contributed by atoms with E-state index in [1.807, 2.05) is 0 Å². The number of furan rings is 1. The summed E-state index contributed by atoms with van der Waals surface area (Å²) in [5.74, 6) is 0.734. The molecule has 0 aliphatic heterocycles. The van der Waals surface area contributed by atoms with Crippen LogP contribution in [0.4, 0.5) is 17.3 Å². The fourth-order valence-corrected chi connectivity index (χ4v) is 2.09. The lowest BCUT2D eigenvalue weighted by Crippen LogP contribution is -2.18. The van der Waals surface area contributed by atoms with Crippen molar-refractivity contribution in [1.82, 2.24) is 15.2 Å². The number of anilines is 3. The van der Waals surface area contributed by atoms with Crippen molar-refractivity contribution >= 4 is 23.2 Å². The first-order valence-electron chi connectivity index (χ1n) is 7.23. The number of hydrogen-bond donors (Lipinski definition) is 3. The predicted octanol–water partition coefficient (Wildman–Crippen LogP) is 2.05. The highest BCUT2D eigenvalue weighted by Gasteiger charge is 2.08. The Bertz CT molecular complexity index is 885. The Morgan fingerprint density at radius 2 is 1.92 bits per heavy atom. The largest absolute Gasteiger partial charge is 0.469 e. The molecule has 122 valence electrons. The molecule has 0 saturated heterocycles. The molecule has 0 aliphatic carbocycles. The number of aromatic amines is 1. The number of carbonyl (C=O) groups excluding carboxylic acids is 1. The number of rotatable bonds is 5. The third-order valence-corrected chi connectivity index (χ3v) is 3.15. The topological polar surface area (TPSA) is 113 Å². The van der Waals surface area contributed by atoms with Gasteiger partial charge in [-0.05, 0) is 36.4 Å². The van der Waals surface area contributed by atoms with Crippen molar-refractivity contribution in [1.29, 1.82) is 0 Å². The number of carbonyl (C=O) groups is 1. The number of nitrogens with one attached hydrogen (secondary N) is 3. The molecule has 8 nitrogen and oxygen atoms in total. The second-order valence-corrected chi connectivity index (χ2v) is 5.09. The summed E-state index contributed by atoms with van der Waals surface area (Å²) in [5, 5.41) is 13.5. The van der Waals surface area contributed by atoms with Gasteiger partial charge in [0.05, 0.1) is 12.7 Å². The summed E-state index contributed by atoms with van der Waals surface area (Å²) in [6.45, 7) is 1.44. The summed E-state index contributed by atoms with van der Waals surface area (Å²) < 4.78 is 5.19. The van der Waals surface area contributed by atoms with Crippen molar-refractivity contribution in [2.24, 2.45) is 0 Å². The first kappa shape index (κ1) is 15.5. The van der Waals surface area contributed by atoms with Crippen LogP contribution in [0.1, 0.15) is 18.4 Å². The fourth-order valence-electron chi connectivity index (χ4n) is 2.09. The quantitative estimate of drug-likeness (QED) is 0.662. The molecule has 24 heavy (non-hydrogen) atoms. The summed E-state index contributed by atoms with van der Waals surface area (Å²) in [6.07, 6.45) is 1.82. The highest BCUT2D eigenvalue weighted by molar-refractivity contribution is 5.88. The fraction of sp³-hybridized carbons (Fsp3) is 0.125. The van der Waals surface area contributed by atoms with Gasteiger partial charge in [0.25, 0.3) is 5.56 Å². The van der Waals surface area contributed by atoms with Crippen LogP contribution in [0.2, 0.25) is 0 Å². The van der Waals surface area contributed by atoms with E-state index in [1.54, 1.807) is 36.4 Å². The molecule has 3 N–H and O–H groups in total. The van der Waals surface area contributed by atoms with Gasteiger partial charge in [-0.2, -0.15) is 0 Å². The third kappa shape index (κ3) is 3.86. The summed E-state index contributed by atoms with van der Waals surface area (Å²) in [6, 6.07) is 10.5. The highest BCUT2D eigenvalue weighted by Crippen LogP contribution is 2.16. The van der Waals surface area contributed by atoms with Gasteiger partial charge in [0, 0.05) is 18.3 Å². The van der Waals surface area contributed by atoms with Gasteiger partial charge >= 0.3 is 0 Å². The molecule has 8 heteroatoms. The standard InChI is InChI=1S/C16H15N5O3/c1-10(22)17-11-4-6-12(7-5-11)18-16-19-15(23)14(20-21-16)9-13-3-2-8-24-13/h2-8H,9H2,1H3,(H,17,22)(H2,18,19,21,23). The van der Waals surface area contributed by atoms with E-state index in [0.29, 0.717) is 17.1 Å². The monoisotopic (exact) mass is 325 g/mol. The summed E-state index contributed by atoms with van der Waals surface area (Å²) in [7, 11) is 0. The third-order valence-electron chi connectivity index (χ3n) is 3.15. The maximum atomic E-state index is 12.0. The Balaban J connectivity index is 1.70. The molecule has 0 bridgehead atoms. The maximum Gasteiger partial charge on any atom is 0.274 e. The lowest BCUT2D eigenvalue weighted by atomic mass is 10.2. The van der Waals surface area contributed by atoms with E-state index in [0.717, 1.165) is 0 Å². The van der Waals surface area contributed by atoms with Gasteiger partial charge in [-0.25, -0.2) is 0 Å². The van der Waals surface area contributed by atoms with Gasteiger partial charge in [0.1, 0.15) is 11.5 Å². The number of amides is 1. The van der Waals surface area contributed by atoms with Crippen LogP contribution in [0.15, 0.2) is 51.9 Å². The molecule has 1 aromatic carbocycles. The van der Waals surface area contributed by atoms with Crippen LogP contribution < -0.4 is 16.2 Å². The Morgan fingerprint density at radius 1 is 1.17 bits per heavy atom. The van der Waals surface area contributed by atoms with E-state index < -0.39 is 0 Å². The van der Waals surface area contributed by atoms with Crippen LogP contribution in [0.5, 0.6) is 0 Å². The summed E-state index contributed by atoms with van der Waals surface area (Å²) >= 11 is 0. The van der Waals surface area contributed by atoms with Gasteiger partial charge in [0.15, 0.2) is 0 Å². The van der Waals surface area contributed by atoms with Gasteiger partial charge < -0.3 is 15.1 Å². The SMILES string of the molecule is CC(=O)Nc1ccc(Nc2nnc(Cc3ccco3)c(=O)[nH]2)cc1. The van der Waals surface area contributed by atoms with Gasteiger partial charge in [-0.15, -0.1) is 10.2 Å². The Kier molecular flexibility index (Phi) is 4.37. The molecule has 2 heterocycles. The second-order valence-electron chi connectivity index (χ2n) is 5.09. The highest BCUT2D eigenvalue weighted by atomic mass is 16.3. The minimum absolute atomic E-state index is 0.141. The zero-order valence-electron chi connectivity index (χ0n) is 12.9. The molecule has 0 fully saturated rings. The van der Waals surface area contributed by atoms with Crippen LogP contribution in [0.25, 0.3) is 0 Å². The lowest BCUT2D eigenvalue weighted by Gasteiger charge is -2.07. The van der Waals surface area contributed by atoms with Crippen molar-refractivity contribution in [3.05, 3.63) is 64.5 Å². The zero-order chi connectivity index (χ0) is 16.9. The van der Waals surface area contributed by atoms with Crippen molar-refractivity contribution in [3.8, 4) is 0 Å². The molecule has 3 aromatic rings. The number of benzene rings is 1. The Morgan fingerprint density at radius 3 is 2.54 bits per heavy atom. The zero-order valence-corrected chi connectivity index (χ0v) is 12.9. The van der Waals surface area contributed by atoms with Crippen molar-refractivity contribution in [3.63, 3.8) is 0 Å². The van der Waals surface area contributed by atoms with E-state index >= 15 is 0 Å². The van der Waals surface area contributed by atoms with Crippen LogP contribution in [-0.2, 0) is 11.2 Å². The Labute approximate surface area is 136 Å². The molecule has 1 amide bonds. The average Bonchev–Trinajstić information content (AvgIpc) is 3.04. The molecule has 0 saturated carbocycles. The van der Waals surface area contributed by atoms with Crippen molar-refractivity contribution in [2.75, 3.05) is 10.6 Å². The number of aromatic nitrogens is 3. The minimum atomic E-state index is -0.334. The number of nitrogens with zero attached hydrogens (tertiary/aromatic N) is 2. The van der Waals surface area contributed by atoms with Crippen LogP contribution in [0.3, 0.4) is 0 Å². The normalized spacial score (nSPS) is 10.4.